The molecule has 0 radical (unpaired) electrons. The van der Waals surface area contributed by atoms with E-state index in [4.69, 9.17) is 14.2 Å². The number of esters is 2. The van der Waals surface area contributed by atoms with E-state index in [1.54, 1.807) is 0 Å². The average Bonchev–Trinajstić information content (AvgIpc) is 3.20. The van der Waals surface area contributed by atoms with Gasteiger partial charge in [0, 0.05) is 19.4 Å². The van der Waals surface area contributed by atoms with Gasteiger partial charge in [0.2, 0.25) is 0 Å². The van der Waals surface area contributed by atoms with Gasteiger partial charge in [-0.3, -0.25) is 9.59 Å². The van der Waals surface area contributed by atoms with Gasteiger partial charge >= 0.3 is 11.9 Å². The normalized spacial score (nSPS) is 12.3. The summed E-state index contributed by atoms with van der Waals surface area (Å²) in [6, 6.07) is 0. The molecule has 330 valence electrons. The van der Waals surface area contributed by atoms with Crippen LogP contribution in [0.15, 0.2) is 24.3 Å². The van der Waals surface area contributed by atoms with Crippen molar-refractivity contribution in [1.82, 2.24) is 0 Å². The Morgan fingerprint density at radius 2 is 0.750 bits per heavy atom. The molecule has 0 aromatic rings. The number of unbranched alkanes of at least 4 members (excludes halogenated alkanes) is 31. The van der Waals surface area contributed by atoms with Crippen LogP contribution in [0.2, 0.25) is 0 Å². The minimum atomic E-state index is -0.527. The molecule has 56 heavy (non-hydrogen) atoms. The molecule has 0 saturated heterocycles. The highest BCUT2D eigenvalue weighted by molar-refractivity contribution is 5.70. The summed E-state index contributed by atoms with van der Waals surface area (Å²) in [5.74, 6) is -0.388. The van der Waals surface area contributed by atoms with Crippen molar-refractivity contribution in [2.24, 2.45) is 0 Å². The second-order valence-electron chi connectivity index (χ2n) is 16.7. The van der Waals surface area contributed by atoms with Gasteiger partial charge < -0.3 is 14.2 Å². The first-order valence-electron chi connectivity index (χ1n) is 24.9. The molecule has 0 fully saturated rings. The van der Waals surface area contributed by atoms with Gasteiger partial charge in [-0.05, 0) is 51.4 Å². The Morgan fingerprint density at radius 3 is 1.21 bits per heavy atom. The van der Waals surface area contributed by atoms with Gasteiger partial charge in [0.25, 0.3) is 0 Å². The summed E-state index contributed by atoms with van der Waals surface area (Å²) in [5.41, 5.74) is 0. The minimum Gasteiger partial charge on any atom is -0.462 e. The van der Waals surface area contributed by atoms with Crippen molar-refractivity contribution in [1.29, 1.82) is 0 Å². The number of hydrogen-bond donors (Lipinski definition) is 0. The van der Waals surface area contributed by atoms with Crippen LogP contribution in [0.4, 0.5) is 0 Å². The first kappa shape index (κ1) is 54.4. The Morgan fingerprint density at radius 1 is 0.393 bits per heavy atom. The Balaban J connectivity index is 4.11. The molecule has 0 heterocycles. The Labute approximate surface area is 349 Å². The third-order valence-electron chi connectivity index (χ3n) is 11.0. The molecule has 5 nitrogen and oxygen atoms in total. The van der Waals surface area contributed by atoms with Gasteiger partial charge in [-0.25, -0.2) is 0 Å². The van der Waals surface area contributed by atoms with E-state index in [2.05, 4.69) is 45.1 Å². The summed E-state index contributed by atoms with van der Waals surface area (Å²) < 4.78 is 17.3. The van der Waals surface area contributed by atoms with E-state index < -0.39 is 6.10 Å². The number of rotatable bonds is 46. The van der Waals surface area contributed by atoms with Crippen molar-refractivity contribution in [3.8, 4) is 0 Å². The summed E-state index contributed by atoms with van der Waals surface area (Å²) in [7, 11) is 0. The lowest BCUT2D eigenvalue weighted by atomic mass is 10.0. The van der Waals surface area contributed by atoms with Crippen molar-refractivity contribution in [2.75, 3.05) is 19.8 Å². The smallest absolute Gasteiger partial charge is 0.306 e. The highest BCUT2D eigenvalue weighted by Crippen LogP contribution is 2.15. The molecule has 1 unspecified atom stereocenters. The third-order valence-corrected chi connectivity index (χ3v) is 11.0. The van der Waals surface area contributed by atoms with Crippen LogP contribution >= 0.6 is 0 Å². The van der Waals surface area contributed by atoms with Crippen LogP contribution in [0.25, 0.3) is 0 Å². The fourth-order valence-electron chi connectivity index (χ4n) is 7.25. The lowest BCUT2D eigenvalue weighted by Gasteiger charge is -2.18. The molecule has 0 aliphatic carbocycles. The van der Waals surface area contributed by atoms with Crippen molar-refractivity contribution in [2.45, 2.75) is 271 Å². The summed E-state index contributed by atoms with van der Waals surface area (Å²) in [4.78, 5) is 25.3. The second kappa shape index (κ2) is 47.8. The molecular formula is C51H96O5. The molecule has 0 aromatic heterocycles. The summed E-state index contributed by atoms with van der Waals surface area (Å²) in [6.07, 6.45) is 54.6. The van der Waals surface area contributed by atoms with Crippen LogP contribution in [-0.2, 0) is 23.8 Å². The molecule has 0 spiro atoms. The van der Waals surface area contributed by atoms with E-state index >= 15 is 0 Å². The fraction of sp³-hybridized carbons (Fsp3) is 0.882. The van der Waals surface area contributed by atoms with Crippen molar-refractivity contribution in [3.63, 3.8) is 0 Å². The number of hydrogen-bond acceptors (Lipinski definition) is 5. The quantitative estimate of drug-likeness (QED) is 0.0349. The van der Waals surface area contributed by atoms with Gasteiger partial charge in [-0.2, -0.15) is 0 Å². The Kier molecular flexibility index (Phi) is 46.4. The molecular weight excluding hydrogens is 693 g/mol. The maximum atomic E-state index is 12.7. The zero-order valence-electron chi connectivity index (χ0n) is 37.9. The maximum Gasteiger partial charge on any atom is 0.306 e. The monoisotopic (exact) mass is 789 g/mol. The molecule has 0 aromatic carbocycles. The second-order valence-corrected chi connectivity index (χ2v) is 16.7. The molecule has 0 saturated carbocycles. The lowest BCUT2D eigenvalue weighted by Crippen LogP contribution is -2.30. The molecule has 0 amide bonds. The Bertz CT molecular complexity index is 851. The number of allylic oxidation sites excluding steroid dienone is 4. The topological polar surface area (TPSA) is 61.8 Å². The predicted molar refractivity (Wildman–Crippen MR) is 242 cm³/mol. The lowest BCUT2D eigenvalue weighted by molar-refractivity contribution is -0.163. The number of carbonyl (C=O) groups is 2. The molecule has 0 bridgehead atoms. The van der Waals surface area contributed by atoms with E-state index in [9.17, 15) is 9.59 Å². The third kappa shape index (κ3) is 45.1. The van der Waals surface area contributed by atoms with Gasteiger partial charge in [-0.15, -0.1) is 0 Å². The SMILES string of the molecule is CCCCC/C=C\C/C=C\CCCCCCCCCCCC(=O)OCC(COCCCCCCCCCC)OC(=O)CCCCCCCCCCCCCCC. The molecule has 0 aliphatic heterocycles. The van der Waals surface area contributed by atoms with E-state index in [1.165, 1.54) is 193 Å². The van der Waals surface area contributed by atoms with Crippen molar-refractivity contribution >= 4 is 11.9 Å². The highest BCUT2D eigenvalue weighted by atomic mass is 16.6. The maximum absolute atomic E-state index is 12.7. The van der Waals surface area contributed by atoms with E-state index in [0.717, 1.165) is 38.5 Å². The summed E-state index contributed by atoms with van der Waals surface area (Å²) in [5, 5.41) is 0. The summed E-state index contributed by atoms with van der Waals surface area (Å²) >= 11 is 0. The molecule has 0 rings (SSSR count). The fourth-order valence-corrected chi connectivity index (χ4v) is 7.25. The number of ether oxygens (including phenoxy) is 3. The van der Waals surface area contributed by atoms with Gasteiger partial charge in [0.15, 0.2) is 6.10 Å². The van der Waals surface area contributed by atoms with Gasteiger partial charge in [0.1, 0.15) is 6.61 Å². The van der Waals surface area contributed by atoms with Crippen LogP contribution in [0, 0.1) is 0 Å². The van der Waals surface area contributed by atoms with E-state index in [1.807, 2.05) is 0 Å². The highest BCUT2D eigenvalue weighted by Gasteiger charge is 2.17. The largest absolute Gasteiger partial charge is 0.462 e. The minimum absolute atomic E-state index is 0.0899. The molecule has 5 heteroatoms. The molecule has 0 N–H and O–H groups in total. The molecule has 0 aliphatic rings. The predicted octanol–water partition coefficient (Wildman–Crippen LogP) is 16.5. The van der Waals surface area contributed by atoms with Crippen LogP contribution < -0.4 is 0 Å². The van der Waals surface area contributed by atoms with Crippen molar-refractivity contribution in [3.05, 3.63) is 24.3 Å². The average molecular weight is 789 g/mol. The zero-order valence-corrected chi connectivity index (χ0v) is 37.9. The van der Waals surface area contributed by atoms with Crippen LogP contribution in [-0.4, -0.2) is 37.9 Å². The van der Waals surface area contributed by atoms with E-state index in [0.29, 0.717) is 26.1 Å². The molecule has 1 atom stereocenters. The number of carbonyl (C=O) groups excluding carboxylic acids is 2. The standard InChI is InChI=1S/C51H96O5/c1-4-7-10-13-16-19-21-23-24-25-26-27-28-30-31-33-35-38-41-44-50(52)55-48-49(47-54-46-43-40-37-18-15-12-9-6-3)56-51(53)45-42-39-36-34-32-29-22-20-17-14-11-8-5-2/h16,19,23-24,49H,4-15,17-18,20-22,25-48H2,1-3H3/b19-16-,24-23-. The van der Waals surface area contributed by atoms with Crippen LogP contribution in [0.1, 0.15) is 265 Å². The van der Waals surface area contributed by atoms with Crippen LogP contribution in [0.5, 0.6) is 0 Å². The van der Waals surface area contributed by atoms with Crippen LogP contribution in [0.3, 0.4) is 0 Å². The van der Waals surface area contributed by atoms with Gasteiger partial charge in [0.05, 0.1) is 6.61 Å². The first-order chi connectivity index (χ1) is 27.6. The summed E-state index contributed by atoms with van der Waals surface area (Å²) in [6.45, 7) is 7.82. The zero-order chi connectivity index (χ0) is 40.7. The van der Waals surface area contributed by atoms with Gasteiger partial charge in [-0.1, -0.05) is 225 Å². The van der Waals surface area contributed by atoms with Crippen molar-refractivity contribution < 1.29 is 23.8 Å². The van der Waals surface area contributed by atoms with E-state index in [-0.39, 0.29) is 18.5 Å². The Hall–Kier alpha value is -1.62. The first-order valence-corrected chi connectivity index (χ1v) is 24.9.